The number of nitrogens with zero attached hydrogens (tertiary/aromatic N) is 3. The molecule has 2 heterocycles. The zero-order valence-electron chi connectivity index (χ0n) is 12.9. The van der Waals surface area contributed by atoms with E-state index in [9.17, 15) is 9.59 Å². The molecule has 0 spiro atoms. The van der Waals surface area contributed by atoms with Gasteiger partial charge in [0.25, 0.3) is 0 Å². The molecule has 1 aliphatic heterocycles. The highest BCUT2D eigenvalue weighted by molar-refractivity contribution is 8.14. The Kier molecular flexibility index (Phi) is 5.57. The van der Waals surface area contributed by atoms with Crippen LogP contribution in [0.5, 0.6) is 0 Å². The highest BCUT2D eigenvalue weighted by Crippen LogP contribution is 2.29. The molecule has 0 aromatic carbocycles. The van der Waals surface area contributed by atoms with Crippen molar-refractivity contribution in [2.75, 3.05) is 12.4 Å². The van der Waals surface area contributed by atoms with Crippen LogP contribution in [0, 0.1) is 4.64 Å². The van der Waals surface area contributed by atoms with Gasteiger partial charge in [-0.05, 0) is 19.1 Å². The van der Waals surface area contributed by atoms with Crippen molar-refractivity contribution in [1.29, 1.82) is 0 Å². The number of hydrogen-bond donors (Lipinski definition) is 0. The number of carbonyl (C=O) groups is 1. The predicted octanol–water partition coefficient (Wildman–Crippen LogP) is 2.12. The maximum Gasteiger partial charge on any atom is 0.330 e. The zero-order valence-corrected chi connectivity index (χ0v) is 14.6. The van der Waals surface area contributed by atoms with Crippen LogP contribution in [0.3, 0.4) is 0 Å². The molecule has 0 bridgehead atoms. The number of esters is 1. The third kappa shape index (κ3) is 3.49. The van der Waals surface area contributed by atoms with Crippen molar-refractivity contribution in [3.05, 3.63) is 20.7 Å². The summed E-state index contributed by atoms with van der Waals surface area (Å²) in [5.41, 5.74) is 0.758. The lowest BCUT2D eigenvalue weighted by molar-refractivity contribution is -0.143. The summed E-state index contributed by atoms with van der Waals surface area (Å²) in [6.45, 7) is 2.22. The van der Waals surface area contributed by atoms with Gasteiger partial charge in [0, 0.05) is 32.5 Å². The molecule has 1 aliphatic rings. The quantitative estimate of drug-likeness (QED) is 0.466. The van der Waals surface area contributed by atoms with Crippen LogP contribution < -0.4 is 5.69 Å². The number of hydrogen-bond acceptors (Lipinski definition) is 6. The average molecular weight is 341 g/mol. The summed E-state index contributed by atoms with van der Waals surface area (Å²) in [5, 5.41) is 0.936. The maximum absolute atomic E-state index is 12.0. The summed E-state index contributed by atoms with van der Waals surface area (Å²) in [4.78, 5) is 27.8. The van der Waals surface area contributed by atoms with E-state index in [1.165, 1.54) is 9.13 Å². The molecule has 22 heavy (non-hydrogen) atoms. The van der Waals surface area contributed by atoms with Crippen LogP contribution in [-0.4, -0.2) is 32.5 Å². The molecule has 0 radical (unpaired) electrons. The summed E-state index contributed by atoms with van der Waals surface area (Å²) in [6.07, 6.45) is 1.81. The molecule has 0 aliphatic carbocycles. The van der Waals surface area contributed by atoms with Gasteiger partial charge in [0.2, 0.25) is 0 Å². The molecule has 120 valence electrons. The van der Waals surface area contributed by atoms with E-state index in [1.54, 1.807) is 32.8 Å². The van der Waals surface area contributed by atoms with E-state index < -0.39 is 0 Å². The summed E-state index contributed by atoms with van der Waals surface area (Å²) in [5.74, 6) is 1.28. The predicted molar refractivity (Wildman–Crippen MR) is 90.6 cm³/mol. The molecule has 0 unspecified atom stereocenters. The smallest absolute Gasteiger partial charge is 0.330 e. The Hall–Kier alpha value is -1.41. The molecule has 0 saturated carbocycles. The van der Waals surface area contributed by atoms with Gasteiger partial charge >= 0.3 is 11.7 Å². The largest absolute Gasteiger partial charge is 0.466 e. The first-order valence-corrected chi connectivity index (χ1v) is 8.50. The molecule has 0 N–H and O–H groups in total. The van der Waals surface area contributed by atoms with Crippen LogP contribution in [0.15, 0.2) is 9.79 Å². The summed E-state index contributed by atoms with van der Waals surface area (Å²) >= 11 is 6.93. The second-order valence-electron chi connectivity index (χ2n) is 4.95. The summed E-state index contributed by atoms with van der Waals surface area (Å²) in [7, 11) is 3.38. The fourth-order valence-corrected chi connectivity index (χ4v) is 3.40. The van der Waals surface area contributed by atoms with Gasteiger partial charge < -0.3 is 4.74 Å². The van der Waals surface area contributed by atoms with Crippen LogP contribution in [-0.2, 0) is 30.0 Å². The van der Waals surface area contributed by atoms with Crippen LogP contribution >= 0.6 is 24.0 Å². The number of aromatic nitrogens is 2. The number of thioether (sulfide) groups is 1. The second kappa shape index (κ2) is 7.23. The lowest BCUT2D eigenvalue weighted by atomic mass is 10.2. The molecule has 2 rings (SSSR count). The van der Waals surface area contributed by atoms with Crippen molar-refractivity contribution < 1.29 is 9.53 Å². The first-order chi connectivity index (χ1) is 10.5. The Morgan fingerprint density at radius 2 is 2.14 bits per heavy atom. The van der Waals surface area contributed by atoms with Gasteiger partial charge in [0.1, 0.15) is 10.5 Å². The Morgan fingerprint density at radius 3 is 2.82 bits per heavy atom. The van der Waals surface area contributed by atoms with Crippen LogP contribution in [0.4, 0.5) is 5.82 Å². The molecular weight excluding hydrogens is 322 g/mol. The fraction of sp³-hybridized carbons (Fsp3) is 0.571. The van der Waals surface area contributed by atoms with Crippen molar-refractivity contribution >= 4 is 40.8 Å². The third-order valence-electron chi connectivity index (χ3n) is 3.38. The van der Waals surface area contributed by atoms with E-state index >= 15 is 0 Å². The van der Waals surface area contributed by atoms with Crippen molar-refractivity contribution in [2.24, 2.45) is 19.1 Å². The Labute approximate surface area is 138 Å². The normalized spacial score (nSPS) is 13.0. The van der Waals surface area contributed by atoms with E-state index in [4.69, 9.17) is 17.0 Å². The Balaban J connectivity index is 1.98. The van der Waals surface area contributed by atoms with E-state index in [1.807, 2.05) is 0 Å². The molecule has 8 heteroatoms. The fourth-order valence-electron chi connectivity index (χ4n) is 2.23. The van der Waals surface area contributed by atoms with Gasteiger partial charge in [-0.1, -0.05) is 12.2 Å². The second-order valence-corrected chi connectivity index (χ2v) is 6.50. The zero-order chi connectivity index (χ0) is 16.3. The lowest BCUT2D eigenvalue weighted by Gasteiger charge is -2.07. The molecule has 0 fully saturated rings. The number of aliphatic imine (C=N–C) groups is 1. The van der Waals surface area contributed by atoms with Gasteiger partial charge in [-0.25, -0.2) is 9.79 Å². The minimum atomic E-state index is -0.166. The Morgan fingerprint density at radius 1 is 1.41 bits per heavy atom. The van der Waals surface area contributed by atoms with Gasteiger partial charge in [-0.2, -0.15) is 0 Å². The monoisotopic (exact) mass is 341 g/mol. The van der Waals surface area contributed by atoms with Gasteiger partial charge in [0.15, 0.2) is 0 Å². The SMILES string of the molecule is CCOC(=O)CCCSC1=Nc2c(c(=S)n(C)c(=O)n2C)C1. The first kappa shape index (κ1) is 17.0. The number of carbonyl (C=O) groups excluding carboxylic acids is 1. The van der Waals surface area contributed by atoms with Crippen LogP contribution in [0.1, 0.15) is 25.3 Å². The maximum atomic E-state index is 12.0. The number of fused-ring (bicyclic) bond motifs is 1. The molecule has 1 aromatic rings. The Bertz CT molecular complexity index is 734. The summed E-state index contributed by atoms with van der Waals surface area (Å²) < 4.78 is 8.43. The average Bonchev–Trinajstić information content (AvgIpc) is 2.92. The first-order valence-electron chi connectivity index (χ1n) is 7.10. The summed E-state index contributed by atoms with van der Waals surface area (Å²) in [6, 6.07) is 0. The van der Waals surface area contributed by atoms with Crippen molar-refractivity contribution in [1.82, 2.24) is 9.13 Å². The topological polar surface area (TPSA) is 65.6 Å². The van der Waals surface area contributed by atoms with E-state index in [2.05, 4.69) is 4.99 Å². The van der Waals surface area contributed by atoms with Crippen molar-refractivity contribution in [2.45, 2.75) is 26.2 Å². The van der Waals surface area contributed by atoms with E-state index in [0.29, 0.717) is 29.9 Å². The minimum absolute atomic E-state index is 0.165. The molecule has 0 amide bonds. The van der Waals surface area contributed by atoms with Crippen molar-refractivity contribution in [3.8, 4) is 0 Å². The molecule has 1 aromatic heterocycles. The molecule has 6 nitrogen and oxygen atoms in total. The lowest BCUT2D eigenvalue weighted by Crippen LogP contribution is -2.28. The van der Waals surface area contributed by atoms with Crippen molar-refractivity contribution in [3.63, 3.8) is 0 Å². The van der Waals surface area contributed by atoms with Crippen LogP contribution in [0.25, 0.3) is 0 Å². The van der Waals surface area contributed by atoms with E-state index in [0.717, 1.165) is 22.8 Å². The molecule has 0 atom stereocenters. The van der Waals surface area contributed by atoms with Gasteiger partial charge in [0.05, 0.1) is 11.7 Å². The molecular formula is C14H19N3O3S2. The van der Waals surface area contributed by atoms with E-state index in [-0.39, 0.29) is 11.7 Å². The molecule has 0 saturated heterocycles. The van der Waals surface area contributed by atoms with Crippen LogP contribution in [0.2, 0.25) is 0 Å². The standard InChI is InChI=1S/C14H19N3O3S2/c1-4-20-11(18)6-5-7-22-10-8-9-12(15-10)16(2)14(19)17(3)13(9)21/h4-8H2,1-3H3. The number of ether oxygens (including phenoxy) is 1. The third-order valence-corrected chi connectivity index (χ3v) is 4.96. The number of rotatable bonds is 5. The highest BCUT2D eigenvalue weighted by Gasteiger charge is 2.21. The van der Waals surface area contributed by atoms with Gasteiger partial charge in [-0.3, -0.25) is 13.9 Å². The minimum Gasteiger partial charge on any atom is -0.466 e. The van der Waals surface area contributed by atoms with Gasteiger partial charge in [-0.15, -0.1) is 11.8 Å². The highest BCUT2D eigenvalue weighted by atomic mass is 32.2.